The van der Waals surface area contributed by atoms with Gasteiger partial charge in [-0.05, 0) is 37.1 Å². The van der Waals surface area contributed by atoms with Crippen LogP contribution in [0, 0.1) is 0 Å². The predicted octanol–water partition coefficient (Wildman–Crippen LogP) is 1.23. The van der Waals surface area contributed by atoms with Gasteiger partial charge in [-0.1, -0.05) is 28.1 Å². The number of halogens is 1. The Morgan fingerprint density at radius 2 is 2.24 bits per heavy atom. The Kier molecular flexibility index (Phi) is 5.78. The molecule has 1 aliphatic rings. The van der Waals surface area contributed by atoms with Crippen molar-refractivity contribution in [1.29, 1.82) is 0 Å². The third-order valence-electron chi connectivity index (χ3n) is 3.29. The van der Waals surface area contributed by atoms with Crippen molar-refractivity contribution in [1.82, 2.24) is 10.6 Å². The molecule has 1 heterocycles. The van der Waals surface area contributed by atoms with E-state index in [4.69, 9.17) is 0 Å². The Labute approximate surface area is 133 Å². The lowest BCUT2D eigenvalue weighted by atomic mass is 10.1. The van der Waals surface area contributed by atoms with Crippen LogP contribution in [0.3, 0.4) is 0 Å². The summed E-state index contributed by atoms with van der Waals surface area (Å²) < 4.78 is 25.0. The molecule has 1 aromatic rings. The van der Waals surface area contributed by atoms with Crippen molar-refractivity contribution in [2.24, 2.45) is 0 Å². The van der Waals surface area contributed by atoms with Gasteiger partial charge in [0, 0.05) is 17.1 Å². The molecule has 2 rings (SSSR count). The quantitative estimate of drug-likeness (QED) is 0.812. The van der Waals surface area contributed by atoms with E-state index in [1.807, 2.05) is 6.07 Å². The minimum atomic E-state index is -3.45. The van der Waals surface area contributed by atoms with Crippen LogP contribution in [0.4, 0.5) is 0 Å². The van der Waals surface area contributed by atoms with Crippen LogP contribution in [0.2, 0.25) is 0 Å². The third-order valence-corrected chi connectivity index (χ3v) is 5.26. The Bertz CT molecular complexity index is 598. The van der Waals surface area contributed by atoms with E-state index in [9.17, 15) is 13.2 Å². The molecular weight excluding hydrogens is 356 g/mol. The average molecular weight is 375 g/mol. The van der Waals surface area contributed by atoms with Gasteiger partial charge in [0.15, 0.2) is 9.84 Å². The molecule has 0 unspecified atom stereocenters. The first-order valence-electron chi connectivity index (χ1n) is 6.89. The van der Waals surface area contributed by atoms with Gasteiger partial charge in [-0.3, -0.25) is 4.79 Å². The first-order valence-corrected chi connectivity index (χ1v) is 9.51. The van der Waals surface area contributed by atoms with Crippen LogP contribution in [-0.2, 0) is 20.4 Å². The molecule has 0 aliphatic carbocycles. The number of sulfone groups is 1. The summed E-state index contributed by atoms with van der Waals surface area (Å²) in [6.07, 6.45) is 1.89. The molecule has 0 spiro atoms. The summed E-state index contributed by atoms with van der Waals surface area (Å²) in [5, 5.41) is 5.96. The Hall–Kier alpha value is -0.920. The first kappa shape index (κ1) is 16.5. The lowest BCUT2D eigenvalue weighted by molar-refractivity contribution is -0.119. The Morgan fingerprint density at radius 3 is 2.90 bits per heavy atom. The van der Waals surface area contributed by atoms with Gasteiger partial charge < -0.3 is 10.6 Å². The fraction of sp³-hybridized carbons (Fsp3) is 0.500. The normalized spacial score (nSPS) is 19.2. The first-order chi connectivity index (χ1) is 9.94. The molecule has 0 saturated carbocycles. The van der Waals surface area contributed by atoms with E-state index >= 15 is 0 Å². The molecule has 0 bridgehead atoms. The van der Waals surface area contributed by atoms with Crippen LogP contribution in [0.5, 0.6) is 0 Å². The molecule has 21 heavy (non-hydrogen) atoms. The Morgan fingerprint density at radius 1 is 1.43 bits per heavy atom. The predicted molar refractivity (Wildman–Crippen MR) is 85.7 cm³/mol. The highest BCUT2D eigenvalue weighted by molar-refractivity contribution is 9.10. The van der Waals surface area contributed by atoms with Crippen LogP contribution in [0.15, 0.2) is 28.7 Å². The second-order valence-electron chi connectivity index (χ2n) is 5.27. The van der Waals surface area contributed by atoms with Gasteiger partial charge in [-0.25, -0.2) is 8.42 Å². The zero-order valence-electron chi connectivity index (χ0n) is 11.6. The van der Waals surface area contributed by atoms with Crippen molar-refractivity contribution in [2.75, 3.05) is 18.8 Å². The summed E-state index contributed by atoms with van der Waals surface area (Å²) in [6, 6.07) is 7.14. The van der Waals surface area contributed by atoms with Crippen LogP contribution >= 0.6 is 15.9 Å². The van der Waals surface area contributed by atoms with Gasteiger partial charge in [-0.2, -0.15) is 0 Å². The van der Waals surface area contributed by atoms with Crippen molar-refractivity contribution in [3.05, 3.63) is 34.3 Å². The lowest BCUT2D eigenvalue weighted by Crippen LogP contribution is -2.47. The number of nitrogens with one attached hydrogen (secondary N) is 2. The summed E-state index contributed by atoms with van der Waals surface area (Å²) in [7, 11) is -3.45. The van der Waals surface area contributed by atoms with Gasteiger partial charge >= 0.3 is 0 Å². The number of benzene rings is 1. The molecule has 7 heteroatoms. The van der Waals surface area contributed by atoms with Gasteiger partial charge in [0.25, 0.3) is 0 Å². The summed E-state index contributed by atoms with van der Waals surface area (Å²) in [4.78, 5) is 11.9. The van der Waals surface area contributed by atoms with E-state index in [1.165, 1.54) is 0 Å². The molecule has 0 aromatic heterocycles. The minimum Gasteiger partial charge on any atom is -0.351 e. The zero-order valence-corrected chi connectivity index (χ0v) is 14.0. The smallest absolute Gasteiger partial charge is 0.235 e. The largest absolute Gasteiger partial charge is 0.351 e. The summed E-state index contributed by atoms with van der Waals surface area (Å²) in [6.45, 7) is 1.66. The summed E-state index contributed by atoms with van der Waals surface area (Å²) >= 11 is 3.31. The van der Waals surface area contributed by atoms with Crippen LogP contribution in [0.25, 0.3) is 0 Å². The highest BCUT2D eigenvalue weighted by Crippen LogP contribution is 2.14. The number of hydrogen-bond acceptors (Lipinski definition) is 4. The number of carbonyl (C=O) groups is 1. The molecule has 116 valence electrons. The number of piperidine rings is 1. The molecular formula is C14H19BrN2O3S. The van der Waals surface area contributed by atoms with Gasteiger partial charge in [0.2, 0.25) is 5.91 Å². The standard InChI is InChI=1S/C14H19BrN2O3S/c15-12-4-1-3-11(7-12)9-21(19,20)10-14(18)17-13-5-2-6-16-8-13/h1,3-4,7,13,16H,2,5-6,8-10H2,(H,17,18)/t13-/m0/s1. The summed E-state index contributed by atoms with van der Waals surface area (Å²) in [5.41, 5.74) is 0.677. The fourth-order valence-corrected chi connectivity index (χ4v) is 4.09. The van der Waals surface area contributed by atoms with E-state index in [1.54, 1.807) is 18.2 Å². The number of amides is 1. The van der Waals surface area contributed by atoms with Crippen molar-refractivity contribution in [2.45, 2.75) is 24.6 Å². The van der Waals surface area contributed by atoms with Gasteiger partial charge in [-0.15, -0.1) is 0 Å². The van der Waals surface area contributed by atoms with Crippen LogP contribution in [-0.4, -0.2) is 39.2 Å². The molecule has 1 aromatic carbocycles. The average Bonchev–Trinajstić information content (AvgIpc) is 2.38. The maximum atomic E-state index is 12.1. The van der Waals surface area contributed by atoms with E-state index in [-0.39, 0.29) is 11.8 Å². The number of hydrogen-bond donors (Lipinski definition) is 2. The second-order valence-corrected chi connectivity index (χ2v) is 8.25. The van der Waals surface area contributed by atoms with E-state index in [2.05, 4.69) is 26.6 Å². The Balaban J connectivity index is 1.89. The second kappa shape index (κ2) is 7.38. The van der Waals surface area contributed by atoms with Crippen molar-refractivity contribution >= 4 is 31.7 Å². The third kappa shape index (κ3) is 5.76. The van der Waals surface area contributed by atoms with Gasteiger partial charge in [0.1, 0.15) is 5.75 Å². The van der Waals surface area contributed by atoms with Crippen molar-refractivity contribution in [3.63, 3.8) is 0 Å². The van der Waals surface area contributed by atoms with E-state index < -0.39 is 21.5 Å². The fourth-order valence-electron chi connectivity index (χ4n) is 2.38. The molecule has 0 radical (unpaired) electrons. The van der Waals surface area contributed by atoms with Crippen molar-refractivity contribution in [3.8, 4) is 0 Å². The minimum absolute atomic E-state index is 0.0346. The number of rotatable bonds is 5. The lowest BCUT2D eigenvalue weighted by Gasteiger charge is -2.23. The molecule has 2 N–H and O–H groups in total. The highest BCUT2D eigenvalue weighted by Gasteiger charge is 2.21. The number of carbonyl (C=O) groups excluding carboxylic acids is 1. The van der Waals surface area contributed by atoms with E-state index in [0.717, 1.165) is 23.9 Å². The summed E-state index contributed by atoms with van der Waals surface area (Å²) in [5.74, 6) is -1.00. The topological polar surface area (TPSA) is 75.3 Å². The SMILES string of the molecule is O=C(CS(=O)(=O)Cc1cccc(Br)c1)N[C@H]1CCCNC1. The van der Waals surface area contributed by atoms with Crippen LogP contribution < -0.4 is 10.6 Å². The van der Waals surface area contributed by atoms with Gasteiger partial charge in [0.05, 0.1) is 5.75 Å². The zero-order chi connectivity index (χ0) is 15.3. The monoisotopic (exact) mass is 374 g/mol. The molecule has 1 saturated heterocycles. The molecule has 5 nitrogen and oxygen atoms in total. The molecule has 1 atom stereocenters. The highest BCUT2D eigenvalue weighted by atomic mass is 79.9. The van der Waals surface area contributed by atoms with Crippen molar-refractivity contribution < 1.29 is 13.2 Å². The molecule has 1 aliphatic heterocycles. The van der Waals surface area contributed by atoms with Crippen LogP contribution in [0.1, 0.15) is 18.4 Å². The van der Waals surface area contributed by atoms with E-state index in [0.29, 0.717) is 12.1 Å². The maximum Gasteiger partial charge on any atom is 0.235 e. The maximum absolute atomic E-state index is 12.1. The molecule has 1 amide bonds. The molecule has 1 fully saturated rings.